The molecule has 149 valence electrons. The zero-order valence-electron chi connectivity index (χ0n) is 16.9. The Bertz CT molecular complexity index is 951. The Kier molecular flexibility index (Phi) is 8.96. The summed E-state index contributed by atoms with van der Waals surface area (Å²) in [5, 5.41) is 12.2. The summed E-state index contributed by atoms with van der Waals surface area (Å²) in [5.41, 5.74) is 2.09. The maximum atomic E-state index is 10.0. The number of nitrogens with zero attached hydrogens (tertiary/aromatic N) is 1. The van der Waals surface area contributed by atoms with Crippen LogP contribution in [0.4, 0.5) is 0 Å². The quantitative estimate of drug-likeness (QED) is 0.202. The number of aliphatic hydroxyl groups excluding tert-OH is 1. The van der Waals surface area contributed by atoms with E-state index in [1.807, 2.05) is 6.20 Å². The van der Waals surface area contributed by atoms with E-state index in [2.05, 4.69) is 79.2 Å². The van der Waals surface area contributed by atoms with Crippen LogP contribution in [0.3, 0.4) is 0 Å². The molecule has 0 aliphatic rings. The summed E-state index contributed by atoms with van der Waals surface area (Å²) in [6, 6.07) is 20.4. The van der Waals surface area contributed by atoms with E-state index in [0.717, 1.165) is 11.3 Å². The molecule has 1 aromatic heterocycles. The summed E-state index contributed by atoms with van der Waals surface area (Å²) in [5.74, 6) is -0.0625. The van der Waals surface area contributed by atoms with E-state index >= 15 is 0 Å². The average molecular weight is 569 g/mol. The number of ketones is 1. The second-order valence-corrected chi connectivity index (χ2v) is 12.6. The molecule has 0 saturated heterocycles. The van der Waals surface area contributed by atoms with Crippen LogP contribution < -0.4 is 5.19 Å². The molecule has 0 fully saturated rings. The molecule has 0 atom stereocenters. The third-order valence-corrected chi connectivity index (χ3v) is 6.06. The van der Waals surface area contributed by atoms with Crippen LogP contribution in [-0.2, 0) is 24.9 Å². The zero-order chi connectivity index (χ0) is 20.0. The predicted octanol–water partition coefficient (Wildman–Crippen LogP) is 5.28. The molecular weight excluding hydrogens is 543 g/mol. The average Bonchev–Trinajstić information content (AvgIpc) is 2.60. The van der Waals surface area contributed by atoms with Crippen molar-refractivity contribution in [2.75, 3.05) is 0 Å². The summed E-state index contributed by atoms with van der Waals surface area (Å²) >= 11 is 0. The minimum absolute atomic E-state index is 0. The van der Waals surface area contributed by atoms with Crippen molar-refractivity contribution in [3.63, 3.8) is 0 Å². The van der Waals surface area contributed by atoms with Crippen molar-refractivity contribution in [1.82, 2.24) is 4.98 Å². The summed E-state index contributed by atoms with van der Waals surface area (Å²) in [6.45, 7) is 9.91. The van der Waals surface area contributed by atoms with E-state index in [-0.39, 0.29) is 31.6 Å². The molecule has 28 heavy (non-hydrogen) atoms. The number of hydrogen-bond acceptors (Lipinski definition) is 3. The van der Waals surface area contributed by atoms with Gasteiger partial charge in [-0.05, 0) is 36.4 Å². The van der Waals surface area contributed by atoms with Gasteiger partial charge in [-0.3, -0.25) is 4.79 Å². The maximum Gasteiger partial charge on any atom is 0.155 e. The van der Waals surface area contributed by atoms with E-state index in [1.165, 1.54) is 35.9 Å². The van der Waals surface area contributed by atoms with Gasteiger partial charge in [0.25, 0.3) is 0 Å². The Morgan fingerprint density at radius 1 is 1.07 bits per heavy atom. The number of benzene rings is 2. The first kappa shape index (κ1) is 24.0. The van der Waals surface area contributed by atoms with Crippen LogP contribution >= 0.6 is 0 Å². The molecule has 3 aromatic rings. The summed E-state index contributed by atoms with van der Waals surface area (Å²) in [4.78, 5) is 14.6. The van der Waals surface area contributed by atoms with Crippen LogP contribution in [0.15, 0.2) is 66.6 Å². The maximum absolute atomic E-state index is 10.0. The summed E-state index contributed by atoms with van der Waals surface area (Å²) in [6.07, 6.45) is 3.04. The monoisotopic (exact) mass is 569 g/mol. The third-order valence-electron chi connectivity index (χ3n) is 4.02. The normalized spacial score (nSPS) is 11.2. The molecule has 0 unspecified atom stereocenters. The van der Waals surface area contributed by atoms with Crippen molar-refractivity contribution in [1.29, 1.82) is 0 Å². The smallest absolute Gasteiger partial charge is 0.155 e. The number of hydrogen-bond donors (Lipinski definition) is 1. The van der Waals surface area contributed by atoms with Gasteiger partial charge in [0.15, 0.2) is 5.78 Å². The Labute approximate surface area is 181 Å². The van der Waals surface area contributed by atoms with Crippen LogP contribution in [0.1, 0.15) is 13.8 Å². The van der Waals surface area contributed by atoms with Crippen LogP contribution in [0, 0.1) is 6.07 Å². The predicted molar refractivity (Wildman–Crippen MR) is 116 cm³/mol. The fraction of sp³-hybridized carbons (Fsp3) is 0.217. The first-order valence-corrected chi connectivity index (χ1v) is 12.4. The summed E-state index contributed by atoms with van der Waals surface area (Å²) < 4.78 is 0. The Morgan fingerprint density at radius 2 is 1.75 bits per heavy atom. The molecule has 0 bridgehead atoms. The molecule has 2 aromatic carbocycles. The van der Waals surface area contributed by atoms with Gasteiger partial charge in [0.1, 0.15) is 0 Å². The SMILES string of the molecule is CC(=O)/C=C(/C)O.C[Si](C)(C)c1c[c-]c(-c2nccc3ccccc23)cc1.[Ir]. The van der Waals surface area contributed by atoms with E-state index in [1.54, 1.807) is 0 Å². The van der Waals surface area contributed by atoms with Crippen molar-refractivity contribution in [2.45, 2.75) is 33.5 Å². The number of carbonyl (C=O) groups is 1. The molecule has 0 amide bonds. The molecule has 1 N–H and O–H groups in total. The van der Waals surface area contributed by atoms with Crippen molar-refractivity contribution in [3.05, 3.63) is 72.6 Å². The topological polar surface area (TPSA) is 50.2 Å². The van der Waals surface area contributed by atoms with Gasteiger partial charge in [0.05, 0.1) is 5.76 Å². The standard InChI is InChI=1S/C18H18NSi.C5H8O2.Ir/c1-20(2,3)16-10-8-15(9-11-16)18-17-7-5-4-6-14(17)12-13-19-18;1-4(6)3-5(2)7;/h4-8,10-13H,1-3H3;3,6H,1-2H3;/q-1;;/b;4-3-;. The minimum Gasteiger partial charge on any atom is -0.512 e. The molecule has 0 saturated carbocycles. The molecule has 1 heterocycles. The molecule has 0 spiro atoms. The van der Waals surface area contributed by atoms with Crippen molar-refractivity contribution < 1.29 is 30.0 Å². The van der Waals surface area contributed by atoms with Gasteiger partial charge in [-0.15, -0.1) is 35.0 Å². The van der Waals surface area contributed by atoms with Gasteiger partial charge in [0, 0.05) is 40.5 Å². The fourth-order valence-electron chi connectivity index (χ4n) is 2.67. The van der Waals surface area contributed by atoms with Crippen LogP contribution in [0.25, 0.3) is 22.0 Å². The molecule has 5 heteroatoms. The first-order valence-electron chi connectivity index (χ1n) is 8.92. The van der Waals surface area contributed by atoms with E-state index in [0.29, 0.717) is 0 Å². The fourth-order valence-corrected chi connectivity index (χ4v) is 3.76. The number of fused-ring (bicyclic) bond motifs is 1. The molecular formula is C23H26IrNO2Si-. The zero-order valence-corrected chi connectivity index (χ0v) is 20.3. The van der Waals surface area contributed by atoms with Crippen LogP contribution in [0.5, 0.6) is 0 Å². The summed E-state index contributed by atoms with van der Waals surface area (Å²) in [7, 11) is -1.26. The van der Waals surface area contributed by atoms with Gasteiger partial charge >= 0.3 is 0 Å². The largest absolute Gasteiger partial charge is 0.512 e. The van der Waals surface area contributed by atoms with Crippen molar-refractivity contribution >= 4 is 29.8 Å². The molecule has 0 aliphatic heterocycles. The van der Waals surface area contributed by atoms with Crippen LogP contribution in [0.2, 0.25) is 19.6 Å². The van der Waals surface area contributed by atoms with Crippen molar-refractivity contribution in [3.8, 4) is 11.3 Å². The molecule has 3 nitrogen and oxygen atoms in total. The third kappa shape index (κ3) is 6.82. The Morgan fingerprint density at radius 3 is 2.25 bits per heavy atom. The number of pyridine rings is 1. The number of carbonyl (C=O) groups excluding carboxylic acids is 1. The van der Waals surface area contributed by atoms with Gasteiger partial charge in [0.2, 0.25) is 0 Å². The van der Waals surface area contributed by atoms with Gasteiger partial charge in [-0.2, -0.15) is 0 Å². The van der Waals surface area contributed by atoms with E-state index in [9.17, 15) is 4.79 Å². The number of rotatable bonds is 3. The van der Waals surface area contributed by atoms with Crippen molar-refractivity contribution in [2.24, 2.45) is 0 Å². The second kappa shape index (κ2) is 10.5. The Balaban J connectivity index is 0.000000425. The van der Waals surface area contributed by atoms with Gasteiger partial charge in [-0.25, -0.2) is 0 Å². The van der Waals surface area contributed by atoms with Gasteiger partial charge in [-0.1, -0.05) is 43.9 Å². The van der Waals surface area contributed by atoms with E-state index < -0.39 is 8.07 Å². The molecule has 1 radical (unpaired) electrons. The number of allylic oxidation sites excluding steroid dienone is 2. The second-order valence-electron chi connectivity index (χ2n) is 7.52. The Hall–Kier alpha value is -2.07. The first-order chi connectivity index (χ1) is 12.7. The number of aromatic nitrogens is 1. The van der Waals surface area contributed by atoms with Crippen LogP contribution in [-0.4, -0.2) is 23.9 Å². The van der Waals surface area contributed by atoms with E-state index in [4.69, 9.17) is 5.11 Å². The number of aliphatic hydroxyl groups is 1. The molecule has 3 rings (SSSR count). The molecule has 0 aliphatic carbocycles. The van der Waals surface area contributed by atoms with Gasteiger partial charge < -0.3 is 10.1 Å². The minimum atomic E-state index is -1.26.